The number of morpholine rings is 1. The van der Waals surface area contributed by atoms with Crippen molar-refractivity contribution < 1.29 is 14.6 Å². The SMILES string of the molecule is CSC(CO)C(C)NC(=O)C1COCCN1. The van der Waals surface area contributed by atoms with Crippen LogP contribution in [0.15, 0.2) is 0 Å². The van der Waals surface area contributed by atoms with Crippen molar-refractivity contribution in [3.05, 3.63) is 0 Å². The van der Waals surface area contributed by atoms with Gasteiger partial charge in [-0.1, -0.05) is 0 Å². The minimum absolute atomic E-state index is 0.0356. The second-order valence-corrected chi connectivity index (χ2v) is 4.91. The second-order valence-electron chi connectivity index (χ2n) is 3.84. The third kappa shape index (κ3) is 3.93. The lowest BCUT2D eigenvalue weighted by atomic mass is 10.2. The van der Waals surface area contributed by atoms with E-state index in [9.17, 15) is 4.79 Å². The van der Waals surface area contributed by atoms with Crippen LogP contribution >= 0.6 is 11.8 Å². The van der Waals surface area contributed by atoms with Gasteiger partial charge in [0.2, 0.25) is 5.91 Å². The van der Waals surface area contributed by atoms with E-state index in [1.807, 2.05) is 13.2 Å². The Kier molecular flexibility index (Phi) is 6.12. The van der Waals surface area contributed by atoms with Crippen molar-refractivity contribution in [3.8, 4) is 0 Å². The van der Waals surface area contributed by atoms with Crippen LogP contribution in [0.2, 0.25) is 0 Å². The molecular formula is C10H20N2O3S. The summed E-state index contributed by atoms with van der Waals surface area (Å²) in [5.74, 6) is -0.0558. The third-order valence-corrected chi connectivity index (χ3v) is 3.81. The van der Waals surface area contributed by atoms with E-state index in [2.05, 4.69) is 10.6 Å². The van der Waals surface area contributed by atoms with Gasteiger partial charge >= 0.3 is 0 Å². The minimum atomic E-state index is -0.266. The first-order valence-electron chi connectivity index (χ1n) is 5.44. The number of hydrogen-bond acceptors (Lipinski definition) is 5. The average molecular weight is 248 g/mol. The first-order valence-corrected chi connectivity index (χ1v) is 6.73. The zero-order valence-electron chi connectivity index (χ0n) is 9.73. The van der Waals surface area contributed by atoms with Crippen molar-refractivity contribution in [2.75, 3.05) is 32.6 Å². The van der Waals surface area contributed by atoms with Crippen molar-refractivity contribution in [3.63, 3.8) is 0 Å². The van der Waals surface area contributed by atoms with E-state index in [1.54, 1.807) is 11.8 Å². The Morgan fingerprint density at radius 1 is 1.75 bits per heavy atom. The van der Waals surface area contributed by atoms with Crippen LogP contribution in [0.25, 0.3) is 0 Å². The lowest BCUT2D eigenvalue weighted by Crippen LogP contribution is -2.54. The molecule has 3 N–H and O–H groups in total. The van der Waals surface area contributed by atoms with E-state index in [0.717, 1.165) is 0 Å². The number of aliphatic hydroxyl groups is 1. The summed E-state index contributed by atoms with van der Waals surface area (Å²) >= 11 is 1.55. The molecule has 3 atom stereocenters. The predicted molar refractivity (Wildman–Crippen MR) is 64.6 cm³/mol. The van der Waals surface area contributed by atoms with E-state index in [4.69, 9.17) is 9.84 Å². The molecular weight excluding hydrogens is 228 g/mol. The predicted octanol–water partition coefficient (Wildman–Crippen LogP) is -0.797. The molecule has 16 heavy (non-hydrogen) atoms. The van der Waals surface area contributed by atoms with Crippen molar-refractivity contribution >= 4 is 17.7 Å². The zero-order valence-corrected chi connectivity index (χ0v) is 10.5. The van der Waals surface area contributed by atoms with Crippen LogP contribution in [0.1, 0.15) is 6.92 Å². The molecule has 0 saturated carbocycles. The van der Waals surface area contributed by atoms with Crippen molar-refractivity contribution in [2.45, 2.75) is 24.3 Å². The molecule has 0 aliphatic carbocycles. The monoisotopic (exact) mass is 248 g/mol. The summed E-state index contributed by atoms with van der Waals surface area (Å²) in [4.78, 5) is 11.8. The number of thioether (sulfide) groups is 1. The Morgan fingerprint density at radius 2 is 2.50 bits per heavy atom. The van der Waals surface area contributed by atoms with E-state index in [0.29, 0.717) is 19.8 Å². The maximum absolute atomic E-state index is 11.8. The van der Waals surface area contributed by atoms with Crippen LogP contribution in [0.3, 0.4) is 0 Å². The van der Waals surface area contributed by atoms with Gasteiger partial charge in [-0.3, -0.25) is 4.79 Å². The Balaban J connectivity index is 2.37. The molecule has 0 radical (unpaired) electrons. The summed E-state index contributed by atoms with van der Waals surface area (Å²) in [7, 11) is 0. The van der Waals surface area contributed by atoms with E-state index < -0.39 is 0 Å². The van der Waals surface area contributed by atoms with Crippen molar-refractivity contribution in [2.24, 2.45) is 0 Å². The second kappa shape index (κ2) is 7.11. The molecule has 1 aliphatic rings. The number of aliphatic hydroxyl groups excluding tert-OH is 1. The van der Waals surface area contributed by atoms with Crippen LogP contribution in [0.5, 0.6) is 0 Å². The molecule has 94 valence electrons. The smallest absolute Gasteiger partial charge is 0.239 e. The van der Waals surface area contributed by atoms with E-state index in [-0.39, 0.29) is 29.8 Å². The van der Waals surface area contributed by atoms with E-state index in [1.165, 1.54) is 0 Å². The van der Waals surface area contributed by atoms with Gasteiger partial charge in [0, 0.05) is 17.8 Å². The molecule has 1 rings (SSSR count). The van der Waals surface area contributed by atoms with Gasteiger partial charge < -0.3 is 20.5 Å². The third-order valence-electron chi connectivity index (χ3n) is 2.65. The lowest BCUT2D eigenvalue weighted by molar-refractivity contribution is -0.126. The molecule has 1 fully saturated rings. The van der Waals surface area contributed by atoms with Crippen LogP contribution in [-0.4, -0.2) is 61.0 Å². The number of ether oxygens (including phenoxy) is 1. The Morgan fingerprint density at radius 3 is 3.00 bits per heavy atom. The number of carbonyl (C=O) groups excluding carboxylic acids is 1. The normalized spacial score (nSPS) is 24.8. The van der Waals surface area contributed by atoms with Gasteiger partial charge in [0.05, 0.1) is 19.8 Å². The molecule has 1 amide bonds. The minimum Gasteiger partial charge on any atom is -0.395 e. The number of carbonyl (C=O) groups is 1. The molecule has 1 aliphatic heterocycles. The van der Waals surface area contributed by atoms with Gasteiger partial charge in [-0.05, 0) is 13.2 Å². The molecule has 3 unspecified atom stereocenters. The maximum atomic E-state index is 11.8. The maximum Gasteiger partial charge on any atom is 0.239 e. The fraction of sp³-hybridized carbons (Fsp3) is 0.900. The van der Waals surface area contributed by atoms with Gasteiger partial charge in [-0.15, -0.1) is 0 Å². The van der Waals surface area contributed by atoms with Gasteiger partial charge in [-0.2, -0.15) is 11.8 Å². The summed E-state index contributed by atoms with van der Waals surface area (Å²) in [5.41, 5.74) is 0. The molecule has 0 spiro atoms. The molecule has 0 bridgehead atoms. The Bertz CT molecular complexity index is 218. The zero-order chi connectivity index (χ0) is 12.0. The lowest BCUT2D eigenvalue weighted by Gasteiger charge is -2.27. The van der Waals surface area contributed by atoms with Crippen LogP contribution in [0.4, 0.5) is 0 Å². The summed E-state index contributed by atoms with van der Waals surface area (Å²) < 4.78 is 5.22. The molecule has 5 nitrogen and oxygen atoms in total. The summed E-state index contributed by atoms with van der Waals surface area (Å²) in [6.45, 7) is 3.75. The van der Waals surface area contributed by atoms with Gasteiger partial charge in [0.25, 0.3) is 0 Å². The standard InChI is InChI=1S/C10H20N2O3S/c1-7(9(5-13)16-2)12-10(14)8-6-15-4-3-11-8/h7-9,11,13H,3-6H2,1-2H3,(H,12,14). The Hall–Kier alpha value is -0.300. The number of nitrogens with one attached hydrogen (secondary N) is 2. The quantitative estimate of drug-likeness (QED) is 0.594. The highest BCUT2D eigenvalue weighted by Crippen LogP contribution is 2.10. The number of rotatable bonds is 5. The van der Waals surface area contributed by atoms with Crippen molar-refractivity contribution in [1.82, 2.24) is 10.6 Å². The molecule has 0 aromatic rings. The molecule has 1 heterocycles. The highest BCUT2D eigenvalue weighted by atomic mass is 32.2. The molecule has 1 saturated heterocycles. The summed E-state index contributed by atoms with van der Waals surface area (Å²) in [6, 6.07) is -0.311. The largest absolute Gasteiger partial charge is 0.395 e. The Labute approximate surface area is 100 Å². The highest BCUT2D eigenvalue weighted by molar-refractivity contribution is 7.99. The summed E-state index contributed by atoms with van der Waals surface area (Å²) in [6.07, 6.45) is 1.92. The topological polar surface area (TPSA) is 70.6 Å². The molecule has 0 aromatic carbocycles. The van der Waals surface area contributed by atoms with Crippen LogP contribution < -0.4 is 10.6 Å². The highest BCUT2D eigenvalue weighted by Gasteiger charge is 2.24. The first-order chi connectivity index (χ1) is 7.69. The van der Waals surface area contributed by atoms with Gasteiger partial charge in [0.1, 0.15) is 6.04 Å². The van der Waals surface area contributed by atoms with E-state index >= 15 is 0 Å². The van der Waals surface area contributed by atoms with Crippen LogP contribution in [0, 0.1) is 0 Å². The number of amides is 1. The fourth-order valence-electron chi connectivity index (χ4n) is 1.59. The van der Waals surface area contributed by atoms with Crippen LogP contribution in [-0.2, 0) is 9.53 Å². The van der Waals surface area contributed by atoms with Crippen molar-refractivity contribution in [1.29, 1.82) is 0 Å². The molecule has 0 aromatic heterocycles. The summed E-state index contributed by atoms with van der Waals surface area (Å²) in [5, 5.41) is 15.1. The fourth-order valence-corrected chi connectivity index (χ4v) is 2.21. The molecule has 6 heteroatoms. The van der Waals surface area contributed by atoms with Gasteiger partial charge in [0.15, 0.2) is 0 Å². The van der Waals surface area contributed by atoms with Gasteiger partial charge in [-0.25, -0.2) is 0 Å². The average Bonchev–Trinajstić information content (AvgIpc) is 2.31. The first kappa shape index (κ1) is 13.8. The number of hydrogen-bond donors (Lipinski definition) is 3.